The zero-order chi connectivity index (χ0) is 32.0. The predicted molar refractivity (Wildman–Crippen MR) is 167 cm³/mol. The minimum Gasteiger partial charge on any atom is -0.477 e. The lowest BCUT2D eigenvalue weighted by Gasteiger charge is -2.31. The first-order valence-corrected chi connectivity index (χ1v) is 15.4. The molecule has 2 unspecified atom stereocenters. The summed E-state index contributed by atoms with van der Waals surface area (Å²) < 4.78 is 0. The van der Waals surface area contributed by atoms with Crippen LogP contribution in [-0.2, 0) is 24.0 Å². The fourth-order valence-corrected chi connectivity index (χ4v) is 6.24. The Hall–Kier alpha value is -4.18. The second-order valence-corrected chi connectivity index (χ2v) is 11.9. The highest BCUT2D eigenvalue weighted by atomic mass is 35.5. The van der Waals surface area contributed by atoms with E-state index in [1.165, 1.54) is 13.0 Å². The predicted octanol–water partition coefficient (Wildman–Crippen LogP) is 5.03. The molecule has 3 N–H and O–H groups in total. The molecule has 1 aliphatic heterocycles. The summed E-state index contributed by atoms with van der Waals surface area (Å²) in [5, 5.41) is 15.8. The molecule has 4 amide bonds. The van der Waals surface area contributed by atoms with E-state index in [-0.39, 0.29) is 29.3 Å². The van der Waals surface area contributed by atoms with E-state index in [2.05, 4.69) is 10.6 Å². The van der Waals surface area contributed by atoms with Crippen molar-refractivity contribution in [1.82, 2.24) is 15.5 Å². The van der Waals surface area contributed by atoms with Gasteiger partial charge in [-0.2, -0.15) is 0 Å². The van der Waals surface area contributed by atoms with Gasteiger partial charge in [0.2, 0.25) is 17.7 Å². The van der Waals surface area contributed by atoms with Gasteiger partial charge >= 0.3 is 5.97 Å². The number of nitrogens with zero attached hydrogens (tertiary/aromatic N) is 2. The van der Waals surface area contributed by atoms with Crippen LogP contribution in [-0.4, -0.2) is 52.2 Å². The average molecular weight is 623 g/mol. The molecule has 2 atom stereocenters. The summed E-state index contributed by atoms with van der Waals surface area (Å²) in [6.45, 7) is 5.38. The van der Waals surface area contributed by atoms with Crippen molar-refractivity contribution in [3.8, 4) is 0 Å². The lowest BCUT2D eigenvalue weighted by atomic mass is 9.81. The van der Waals surface area contributed by atoms with Crippen LogP contribution < -0.4 is 15.5 Å². The van der Waals surface area contributed by atoms with Crippen LogP contribution in [0, 0.1) is 5.41 Å². The van der Waals surface area contributed by atoms with Crippen LogP contribution in [0.5, 0.6) is 0 Å². The van der Waals surface area contributed by atoms with Gasteiger partial charge < -0.3 is 20.6 Å². The van der Waals surface area contributed by atoms with Gasteiger partial charge in [-0.25, -0.2) is 4.79 Å². The molecule has 234 valence electrons. The molecule has 0 radical (unpaired) electrons. The molecule has 1 saturated carbocycles. The molecule has 0 bridgehead atoms. The molecule has 0 aromatic heterocycles. The number of carbonyl (C=O) groups is 5. The van der Waals surface area contributed by atoms with Crippen LogP contribution in [0.15, 0.2) is 54.2 Å². The number of anilines is 1. The number of benzene rings is 2. The number of carboxylic acids is 1. The van der Waals surface area contributed by atoms with Crippen molar-refractivity contribution in [2.75, 3.05) is 11.4 Å². The minimum absolute atomic E-state index is 0.130. The number of nitrogens with one attached hydrogen (secondary N) is 2. The van der Waals surface area contributed by atoms with Crippen molar-refractivity contribution in [2.24, 2.45) is 5.41 Å². The summed E-state index contributed by atoms with van der Waals surface area (Å²) in [6.07, 6.45) is 5.02. The molecule has 10 nitrogen and oxygen atoms in total. The maximum Gasteiger partial charge on any atom is 0.352 e. The molecule has 0 spiro atoms. The van der Waals surface area contributed by atoms with E-state index in [0.29, 0.717) is 54.9 Å². The molecule has 2 aromatic rings. The largest absolute Gasteiger partial charge is 0.477 e. The molecule has 44 heavy (non-hydrogen) atoms. The lowest BCUT2D eigenvalue weighted by molar-refractivity contribution is -0.137. The highest BCUT2D eigenvalue weighted by molar-refractivity contribution is 6.30. The zero-order valence-corrected chi connectivity index (χ0v) is 26.0. The average Bonchev–Trinajstić information content (AvgIpc) is 3.57. The highest BCUT2D eigenvalue weighted by Crippen LogP contribution is 2.42. The first-order valence-electron chi connectivity index (χ1n) is 15.0. The van der Waals surface area contributed by atoms with Crippen LogP contribution in [0.2, 0.25) is 5.02 Å². The molecular formula is C33H39ClN4O6. The monoisotopic (exact) mass is 622 g/mol. The first kappa shape index (κ1) is 32.7. The van der Waals surface area contributed by atoms with Crippen molar-refractivity contribution < 1.29 is 29.1 Å². The number of hydrogen-bond acceptors (Lipinski definition) is 5. The fourth-order valence-electron chi connectivity index (χ4n) is 6.11. The maximum atomic E-state index is 13.6. The van der Waals surface area contributed by atoms with E-state index in [1.54, 1.807) is 65.3 Å². The normalized spacial score (nSPS) is 19.6. The number of hydrogen-bond donors (Lipinski definition) is 3. The molecule has 1 heterocycles. The first-order chi connectivity index (χ1) is 21.0. The molecule has 2 aliphatic rings. The second-order valence-electron chi connectivity index (χ2n) is 11.5. The van der Waals surface area contributed by atoms with E-state index < -0.39 is 23.6 Å². The summed E-state index contributed by atoms with van der Waals surface area (Å²) >= 11 is 6.12. The summed E-state index contributed by atoms with van der Waals surface area (Å²) in [6, 6.07) is 13.1. The van der Waals surface area contributed by atoms with Gasteiger partial charge in [-0.3, -0.25) is 24.1 Å². The third-order valence-electron chi connectivity index (χ3n) is 8.42. The molecule has 11 heteroatoms. The van der Waals surface area contributed by atoms with E-state index in [0.717, 1.165) is 18.4 Å². The number of aliphatic carboxylic acids is 1. The Morgan fingerprint density at radius 3 is 2.25 bits per heavy atom. The Bertz CT molecular complexity index is 1430. The summed E-state index contributed by atoms with van der Waals surface area (Å²) in [5.74, 6) is -2.21. The van der Waals surface area contributed by atoms with Gasteiger partial charge in [0.05, 0.1) is 5.41 Å². The maximum absolute atomic E-state index is 13.6. The van der Waals surface area contributed by atoms with Crippen molar-refractivity contribution in [1.29, 1.82) is 0 Å². The van der Waals surface area contributed by atoms with E-state index >= 15 is 0 Å². The SMILES string of the molecule is CCCC(=O)N1C(C)C(=O)N(c2ccc(/C=C(\NC(=O)C3(CCNC(C)=O)CCCC3)C(=O)O)cc2)C1c1ccc(Cl)cc1. The van der Waals surface area contributed by atoms with Gasteiger partial charge in [0, 0.05) is 30.6 Å². The van der Waals surface area contributed by atoms with Gasteiger partial charge in [-0.1, -0.05) is 55.6 Å². The topological polar surface area (TPSA) is 136 Å². The fraction of sp³-hybridized carbons (Fsp3) is 0.424. The summed E-state index contributed by atoms with van der Waals surface area (Å²) in [5.41, 5.74) is 0.762. The van der Waals surface area contributed by atoms with E-state index in [4.69, 9.17) is 11.6 Å². The van der Waals surface area contributed by atoms with Crippen molar-refractivity contribution in [3.05, 3.63) is 70.4 Å². The Kier molecular flexibility index (Phi) is 10.5. The second kappa shape index (κ2) is 14.1. The molecule has 1 aliphatic carbocycles. The van der Waals surface area contributed by atoms with Crippen LogP contribution in [0.25, 0.3) is 6.08 Å². The van der Waals surface area contributed by atoms with E-state index in [9.17, 15) is 29.1 Å². The lowest BCUT2D eigenvalue weighted by Crippen LogP contribution is -2.42. The molecule has 1 saturated heterocycles. The standard InChI is InChI=1S/C33H39ClN4O6/c1-4-7-28(40)37-21(2)30(41)38(29(37)24-10-12-25(34)13-11-24)26-14-8-23(9-15-26)20-27(31(42)43)36-32(44)33(16-5-6-17-33)18-19-35-22(3)39/h8-15,20-21,29H,4-7,16-19H2,1-3H3,(H,35,39)(H,36,44)(H,42,43)/b27-20-. The molecular weight excluding hydrogens is 584 g/mol. The van der Waals surface area contributed by atoms with Crippen LogP contribution in [0.1, 0.15) is 83.0 Å². The Labute approximate surface area is 262 Å². The number of rotatable bonds is 11. The van der Waals surface area contributed by atoms with E-state index in [1.807, 2.05) is 6.92 Å². The molecule has 4 rings (SSSR count). The number of halogens is 1. The van der Waals surface area contributed by atoms with Crippen molar-refractivity contribution in [3.63, 3.8) is 0 Å². The van der Waals surface area contributed by atoms with Crippen molar-refractivity contribution >= 4 is 53.0 Å². The summed E-state index contributed by atoms with van der Waals surface area (Å²) in [4.78, 5) is 66.8. The van der Waals surface area contributed by atoms with Gasteiger partial charge in [-0.05, 0) is 74.1 Å². The molecule has 2 aromatic carbocycles. The summed E-state index contributed by atoms with van der Waals surface area (Å²) in [7, 11) is 0. The molecule has 2 fully saturated rings. The highest BCUT2D eigenvalue weighted by Gasteiger charge is 2.47. The minimum atomic E-state index is -1.28. The zero-order valence-electron chi connectivity index (χ0n) is 25.3. The number of carbonyl (C=O) groups excluding carboxylic acids is 4. The van der Waals surface area contributed by atoms with Crippen molar-refractivity contribution in [2.45, 2.75) is 77.9 Å². The van der Waals surface area contributed by atoms with Gasteiger partial charge in [0.15, 0.2) is 0 Å². The van der Waals surface area contributed by atoms with Gasteiger partial charge in [0.25, 0.3) is 5.91 Å². The van der Waals surface area contributed by atoms with Crippen LogP contribution in [0.4, 0.5) is 5.69 Å². The number of amides is 4. The Balaban J connectivity index is 1.60. The van der Waals surface area contributed by atoms with Gasteiger partial charge in [0.1, 0.15) is 17.9 Å². The Morgan fingerprint density at radius 2 is 1.68 bits per heavy atom. The Morgan fingerprint density at radius 1 is 1.05 bits per heavy atom. The third kappa shape index (κ3) is 7.13. The van der Waals surface area contributed by atoms with Gasteiger partial charge in [-0.15, -0.1) is 0 Å². The van der Waals surface area contributed by atoms with Crippen LogP contribution >= 0.6 is 11.6 Å². The third-order valence-corrected chi connectivity index (χ3v) is 8.67. The number of carboxylic acid groups (broad SMARTS) is 1. The van der Waals surface area contributed by atoms with Crippen LogP contribution in [0.3, 0.4) is 0 Å². The quantitative estimate of drug-likeness (QED) is 0.301. The smallest absolute Gasteiger partial charge is 0.352 e.